The topological polar surface area (TPSA) is 53.4 Å². The molecule has 19 heavy (non-hydrogen) atoms. The number of carboxylic acid groups (broad SMARTS) is 1. The van der Waals surface area contributed by atoms with Gasteiger partial charge < -0.3 is 10.0 Å². The Hall–Kier alpha value is -1.49. The van der Waals surface area contributed by atoms with E-state index in [0.29, 0.717) is 6.04 Å². The first-order chi connectivity index (χ1) is 9.04. The van der Waals surface area contributed by atoms with E-state index < -0.39 is 5.97 Å². The maximum atomic E-state index is 10.4. The summed E-state index contributed by atoms with van der Waals surface area (Å²) in [6, 6.07) is 4.22. The van der Waals surface area contributed by atoms with E-state index in [9.17, 15) is 4.79 Å². The Morgan fingerprint density at radius 1 is 1.58 bits per heavy atom. The zero-order valence-electron chi connectivity index (χ0n) is 11.5. The fraction of sp³-hybridized carbons (Fsp3) is 0.429. The fourth-order valence-electron chi connectivity index (χ4n) is 1.58. The molecule has 1 unspecified atom stereocenters. The van der Waals surface area contributed by atoms with Crippen LogP contribution in [0.2, 0.25) is 0 Å². The number of carboxylic acids is 1. The average molecular weight is 280 g/mol. The number of anilines is 1. The lowest BCUT2D eigenvalue weighted by Gasteiger charge is -2.25. The quantitative estimate of drug-likeness (QED) is 0.778. The molecule has 1 rings (SSSR count). The highest BCUT2D eigenvalue weighted by Gasteiger charge is 2.10. The average Bonchev–Trinajstić information content (AvgIpc) is 2.42. The van der Waals surface area contributed by atoms with Crippen LogP contribution in [0.25, 0.3) is 6.08 Å². The third-order valence-corrected chi connectivity index (χ3v) is 3.60. The van der Waals surface area contributed by atoms with Crippen molar-refractivity contribution in [1.82, 2.24) is 4.98 Å². The number of thioether (sulfide) groups is 1. The smallest absolute Gasteiger partial charge is 0.328 e. The minimum Gasteiger partial charge on any atom is -0.478 e. The van der Waals surface area contributed by atoms with Gasteiger partial charge in [-0.2, -0.15) is 11.8 Å². The van der Waals surface area contributed by atoms with E-state index in [2.05, 4.69) is 23.1 Å². The molecule has 0 amide bonds. The van der Waals surface area contributed by atoms with Crippen LogP contribution < -0.4 is 4.90 Å². The first-order valence-corrected chi connectivity index (χ1v) is 7.52. The minimum absolute atomic E-state index is 0.431. The summed E-state index contributed by atoms with van der Waals surface area (Å²) in [6.45, 7) is 2.18. The molecule has 0 aliphatic carbocycles. The summed E-state index contributed by atoms with van der Waals surface area (Å²) >= 11 is 1.84. The molecule has 0 aliphatic heterocycles. The van der Waals surface area contributed by atoms with Crippen LogP contribution in [0.3, 0.4) is 0 Å². The lowest BCUT2D eigenvalue weighted by Crippen LogP contribution is -2.29. The van der Waals surface area contributed by atoms with Gasteiger partial charge in [-0.3, -0.25) is 0 Å². The molecule has 104 valence electrons. The Bertz CT molecular complexity index is 432. The van der Waals surface area contributed by atoms with Crippen molar-refractivity contribution in [3.63, 3.8) is 0 Å². The van der Waals surface area contributed by atoms with E-state index in [1.807, 2.05) is 30.9 Å². The first-order valence-electron chi connectivity index (χ1n) is 6.13. The van der Waals surface area contributed by atoms with Gasteiger partial charge in [-0.05, 0) is 49.1 Å². The monoisotopic (exact) mass is 280 g/mol. The highest BCUT2D eigenvalue weighted by atomic mass is 32.2. The van der Waals surface area contributed by atoms with Crippen molar-refractivity contribution < 1.29 is 9.90 Å². The highest BCUT2D eigenvalue weighted by molar-refractivity contribution is 7.98. The highest BCUT2D eigenvalue weighted by Crippen LogP contribution is 2.15. The van der Waals surface area contributed by atoms with Gasteiger partial charge in [-0.1, -0.05) is 0 Å². The van der Waals surface area contributed by atoms with Crippen molar-refractivity contribution >= 4 is 29.6 Å². The SMILES string of the molecule is CSCCC(C)N(C)c1ccc(/C=C/C(=O)O)cn1. The van der Waals surface area contributed by atoms with Gasteiger partial charge >= 0.3 is 5.97 Å². The summed E-state index contributed by atoms with van der Waals surface area (Å²) < 4.78 is 0. The number of pyridine rings is 1. The number of aromatic nitrogens is 1. The molecule has 0 radical (unpaired) electrons. The van der Waals surface area contributed by atoms with Gasteiger partial charge in [0.2, 0.25) is 0 Å². The molecule has 0 aliphatic rings. The molecular formula is C14H20N2O2S. The second kappa shape index (κ2) is 7.84. The van der Waals surface area contributed by atoms with Crippen LogP contribution in [0, 0.1) is 0 Å². The molecule has 1 aromatic rings. The summed E-state index contributed by atoms with van der Waals surface area (Å²) in [6.07, 6.45) is 7.55. The molecule has 1 aromatic heterocycles. The molecule has 0 spiro atoms. The summed E-state index contributed by atoms with van der Waals surface area (Å²) in [5, 5.41) is 8.56. The Morgan fingerprint density at radius 2 is 2.32 bits per heavy atom. The molecule has 0 saturated carbocycles. The van der Waals surface area contributed by atoms with Crippen molar-refractivity contribution in [3.05, 3.63) is 30.0 Å². The maximum absolute atomic E-state index is 10.4. The predicted octanol–water partition coefficient (Wildman–Crippen LogP) is 2.76. The van der Waals surface area contributed by atoms with Crippen molar-refractivity contribution in [2.75, 3.05) is 24.0 Å². The molecule has 0 fully saturated rings. The van der Waals surface area contributed by atoms with E-state index in [4.69, 9.17) is 5.11 Å². The lowest BCUT2D eigenvalue weighted by atomic mass is 10.2. The van der Waals surface area contributed by atoms with Gasteiger partial charge in [0.1, 0.15) is 5.82 Å². The molecule has 5 heteroatoms. The van der Waals surface area contributed by atoms with E-state index in [-0.39, 0.29) is 0 Å². The summed E-state index contributed by atoms with van der Waals surface area (Å²) in [7, 11) is 2.03. The number of hydrogen-bond donors (Lipinski definition) is 1. The molecule has 0 bridgehead atoms. The van der Waals surface area contributed by atoms with E-state index in [0.717, 1.165) is 29.6 Å². The van der Waals surface area contributed by atoms with Gasteiger partial charge in [0.15, 0.2) is 0 Å². The van der Waals surface area contributed by atoms with Crippen molar-refractivity contribution in [2.45, 2.75) is 19.4 Å². The van der Waals surface area contributed by atoms with Crippen LogP contribution in [0.15, 0.2) is 24.4 Å². The number of nitrogens with zero attached hydrogens (tertiary/aromatic N) is 2. The number of hydrogen-bond acceptors (Lipinski definition) is 4. The number of carbonyl (C=O) groups is 1. The third kappa shape index (κ3) is 5.34. The van der Waals surface area contributed by atoms with Crippen molar-refractivity contribution in [3.8, 4) is 0 Å². The second-order valence-electron chi connectivity index (χ2n) is 4.36. The Labute approximate surface area is 118 Å². The Morgan fingerprint density at radius 3 is 2.84 bits per heavy atom. The maximum Gasteiger partial charge on any atom is 0.328 e. The number of aliphatic carboxylic acids is 1. The normalized spacial score (nSPS) is 12.6. The molecule has 4 nitrogen and oxygen atoms in total. The number of rotatable bonds is 7. The van der Waals surface area contributed by atoms with Crippen LogP contribution in [0.5, 0.6) is 0 Å². The summed E-state index contributed by atoms with van der Waals surface area (Å²) in [5.74, 6) is 1.08. The zero-order chi connectivity index (χ0) is 14.3. The van der Waals surface area contributed by atoms with Gasteiger partial charge in [0, 0.05) is 25.4 Å². The van der Waals surface area contributed by atoms with Gasteiger partial charge in [-0.25, -0.2) is 9.78 Å². The van der Waals surface area contributed by atoms with E-state index >= 15 is 0 Å². The Balaban J connectivity index is 2.67. The fourth-order valence-corrected chi connectivity index (χ4v) is 2.16. The molecular weight excluding hydrogens is 260 g/mol. The molecule has 0 aromatic carbocycles. The van der Waals surface area contributed by atoms with Gasteiger partial charge in [-0.15, -0.1) is 0 Å². The van der Waals surface area contributed by atoms with Crippen molar-refractivity contribution in [1.29, 1.82) is 0 Å². The molecule has 1 atom stereocenters. The van der Waals surface area contributed by atoms with Gasteiger partial charge in [0.25, 0.3) is 0 Å². The molecule has 1 heterocycles. The zero-order valence-corrected chi connectivity index (χ0v) is 12.4. The largest absolute Gasteiger partial charge is 0.478 e. The Kier molecular flexibility index (Phi) is 6.42. The molecule has 1 N–H and O–H groups in total. The van der Waals surface area contributed by atoms with Crippen molar-refractivity contribution in [2.24, 2.45) is 0 Å². The van der Waals surface area contributed by atoms with Crippen LogP contribution in [-0.4, -0.2) is 41.2 Å². The second-order valence-corrected chi connectivity index (χ2v) is 5.35. The molecule has 0 saturated heterocycles. The van der Waals surface area contributed by atoms with Crippen LogP contribution in [-0.2, 0) is 4.79 Å². The lowest BCUT2D eigenvalue weighted by molar-refractivity contribution is -0.131. The van der Waals surface area contributed by atoms with Crippen LogP contribution >= 0.6 is 11.8 Å². The predicted molar refractivity (Wildman–Crippen MR) is 81.8 cm³/mol. The van der Waals surface area contributed by atoms with Gasteiger partial charge in [0.05, 0.1) is 0 Å². The van der Waals surface area contributed by atoms with E-state index in [1.165, 1.54) is 6.08 Å². The van der Waals surface area contributed by atoms with Crippen LogP contribution in [0.4, 0.5) is 5.82 Å². The summed E-state index contributed by atoms with van der Waals surface area (Å²) in [4.78, 5) is 16.9. The standard InChI is InChI=1S/C14H20N2O2S/c1-11(8-9-19-3)16(2)13-6-4-12(10-15-13)5-7-14(17)18/h4-7,10-11H,8-9H2,1-3H3,(H,17,18)/b7-5+. The minimum atomic E-state index is -0.952. The van der Waals surface area contributed by atoms with Crippen LogP contribution in [0.1, 0.15) is 18.9 Å². The third-order valence-electron chi connectivity index (χ3n) is 2.95. The first kappa shape index (κ1) is 15.6. The summed E-state index contributed by atoms with van der Waals surface area (Å²) in [5.41, 5.74) is 0.788. The van der Waals surface area contributed by atoms with E-state index in [1.54, 1.807) is 6.20 Å².